The first-order valence-electron chi connectivity index (χ1n) is 20.1. The first kappa shape index (κ1) is 38.8. The molecular weight excluding hydrogens is 725 g/mol. The van der Waals surface area contributed by atoms with Crippen LogP contribution >= 0.6 is 0 Å². The maximum atomic E-state index is 11.5. The zero-order chi connectivity index (χ0) is 41.2. The molecule has 59 heavy (non-hydrogen) atoms. The molecule has 0 bridgehead atoms. The van der Waals surface area contributed by atoms with Crippen LogP contribution in [0.4, 0.5) is 0 Å². The summed E-state index contributed by atoms with van der Waals surface area (Å²) in [6.45, 7) is 8.22. The standard InChI is InChI=1S/C55H48O4/c1-34-25-52(56)46(38-17-9-5-10-18-38)29-42(34)50(43-30-47(53(57)26-35(43)2)39-19-11-6-12-20-39)33-51(44-31-48(54(58)27-36(44)3)40-21-13-7-14-22-40)45-32-49(55(59)28-37(45)4)41-23-15-8-16-24-41/h5-32,50-51,56-59H,33H2,1-4H3. The van der Waals surface area contributed by atoms with Gasteiger partial charge in [0.15, 0.2) is 0 Å². The predicted molar refractivity (Wildman–Crippen MR) is 241 cm³/mol. The normalized spacial score (nSPS) is 11.4. The number of aryl methyl sites for hydroxylation is 4. The van der Waals surface area contributed by atoms with Crippen molar-refractivity contribution < 1.29 is 20.4 Å². The lowest BCUT2D eigenvalue weighted by molar-refractivity contribution is 0.476. The minimum atomic E-state index is -0.243. The molecular formula is C55H48O4. The van der Waals surface area contributed by atoms with Crippen LogP contribution in [-0.2, 0) is 0 Å². The van der Waals surface area contributed by atoms with Crippen molar-refractivity contribution in [2.24, 2.45) is 0 Å². The lowest BCUT2D eigenvalue weighted by Gasteiger charge is -2.31. The van der Waals surface area contributed by atoms with Crippen molar-refractivity contribution in [2.45, 2.75) is 46.0 Å². The average Bonchev–Trinajstić information content (AvgIpc) is 3.24. The Morgan fingerprint density at radius 2 is 0.508 bits per heavy atom. The molecule has 8 rings (SSSR count). The van der Waals surface area contributed by atoms with E-state index in [-0.39, 0.29) is 34.8 Å². The van der Waals surface area contributed by atoms with E-state index < -0.39 is 0 Å². The van der Waals surface area contributed by atoms with Gasteiger partial charge in [0.2, 0.25) is 0 Å². The minimum absolute atomic E-state index is 0.212. The van der Waals surface area contributed by atoms with Gasteiger partial charge in [0, 0.05) is 34.1 Å². The van der Waals surface area contributed by atoms with Crippen LogP contribution in [-0.4, -0.2) is 20.4 Å². The summed E-state index contributed by atoms with van der Waals surface area (Å²) >= 11 is 0. The van der Waals surface area contributed by atoms with E-state index in [1.165, 1.54) is 0 Å². The number of phenolic OH excluding ortho intramolecular Hbond substituents is 4. The van der Waals surface area contributed by atoms with Gasteiger partial charge in [-0.2, -0.15) is 0 Å². The number of phenols is 4. The van der Waals surface area contributed by atoms with Crippen LogP contribution in [0.5, 0.6) is 23.0 Å². The molecule has 0 unspecified atom stereocenters. The van der Waals surface area contributed by atoms with Crippen molar-refractivity contribution in [1.29, 1.82) is 0 Å². The molecule has 0 aromatic heterocycles. The fourth-order valence-electron chi connectivity index (χ4n) is 8.81. The molecule has 292 valence electrons. The van der Waals surface area contributed by atoms with Gasteiger partial charge in [-0.05, 0) is 149 Å². The van der Waals surface area contributed by atoms with Crippen LogP contribution in [0.3, 0.4) is 0 Å². The molecule has 0 aliphatic carbocycles. The minimum Gasteiger partial charge on any atom is -0.507 e. The summed E-state index contributed by atoms with van der Waals surface area (Å²) in [5.74, 6) is 0.362. The molecule has 4 N–H and O–H groups in total. The summed E-state index contributed by atoms with van der Waals surface area (Å²) in [5.41, 5.74) is 14.6. The van der Waals surface area contributed by atoms with E-state index >= 15 is 0 Å². The van der Waals surface area contributed by atoms with Crippen molar-refractivity contribution in [3.63, 3.8) is 0 Å². The van der Waals surface area contributed by atoms with Gasteiger partial charge < -0.3 is 20.4 Å². The van der Waals surface area contributed by atoms with Gasteiger partial charge in [0.25, 0.3) is 0 Å². The third kappa shape index (κ3) is 7.82. The second kappa shape index (κ2) is 16.4. The van der Waals surface area contributed by atoms with Crippen LogP contribution in [0.15, 0.2) is 170 Å². The van der Waals surface area contributed by atoms with E-state index in [0.717, 1.165) is 89.0 Å². The van der Waals surface area contributed by atoms with Crippen molar-refractivity contribution in [3.8, 4) is 67.5 Å². The highest BCUT2D eigenvalue weighted by Crippen LogP contribution is 2.49. The molecule has 8 aromatic rings. The molecule has 0 aliphatic rings. The van der Waals surface area contributed by atoms with Crippen LogP contribution in [0.2, 0.25) is 0 Å². The zero-order valence-corrected chi connectivity index (χ0v) is 33.8. The smallest absolute Gasteiger partial charge is 0.123 e. The molecule has 0 amide bonds. The maximum Gasteiger partial charge on any atom is 0.123 e. The van der Waals surface area contributed by atoms with E-state index in [0.29, 0.717) is 6.42 Å². The van der Waals surface area contributed by atoms with Crippen LogP contribution in [0, 0.1) is 27.7 Å². The summed E-state index contributed by atoms with van der Waals surface area (Å²) in [6, 6.07) is 55.9. The SMILES string of the molecule is Cc1cc(O)c(-c2ccccc2)cc1C(CC(c1cc(-c2ccccc2)c(O)cc1C)c1cc(-c2ccccc2)c(O)cc1C)c1cc(-c2ccccc2)c(O)cc1C. The Bertz CT molecular complexity index is 2380. The van der Waals surface area contributed by atoms with Crippen LogP contribution in [0.25, 0.3) is 44.5 Å². The number of hydrogen-bond acceptors (Lipinski definition) is 4. The number of benzene rings is 8. The Hall–Kier alpha value is -7.04. The Balaban J connectivity index is 1.42. The predicted octanol–water partition coefficient (Wildman–Crippen LogP) is 13.8. The Morgan fingerprint density at radius 3 is 0.712 bits per heavy atom. The molecule has 0 atom stereocenters. The fraction of sp³-hybridized carbons (Fsp3) is 0.127. The molecule has 0 radical (unpaired) electrons. The van der Waals surface area contributed by atoms with Gasteiger partial charge in [-0.1, -0.05) is 121 Å². The summed E-state index contributed by atoms with van der Waals surface area (Å²) in [5, 5.41) is 45.9. The van der Waals surface area contributed by atoms with Gasteiger partial charge in [0.1, 0.15) is 23.0 Å². The highest BCUT2D eigenvalue weighted by molar-refractivity contribution is 5.77. The van der Waals surface area contributed by atoms with Crippen molar-refractivity contribution >= 4 is 0 Å². The van der Waals surface area contributed by atoms with E-state index in [9.17, 15) is 20.4 Å². The van der Waals surface area contributed by atoms with E-state index in [2.05, 4.69) is 52.0 Å². The Morgan fingerprint density at radius 1 is 0.305 bits per heavy atom. The average molecular weight is 773 g/mol. The maximum absolute atomic E-state index is 11.5. The highest BCUT2D eigenvalue weighted by Gasteiger charge is 2.30. The largest absolute Gasteiger partial charge is 0.507 e. The molecule has 0 aliphatic heterocycles. The fourth-order valence-corrected chi connectivity index (χ4v) is 8.81. The van der Waals surface area contributed by atoms with Crippen molar-refractivity contribution in [2.75, 3.05) is 0 Å². The number of rotatable bonds is 10. The first-order valence-corrected chi connectivity index (χ1v) is 20.1. The van der Waals surface area contributed by atoms with Gasteiger partial charge in [0.05, 0.1) is 0 Å². The number of hydrogen-bond donors (Lipinski definition) is 4. The second-order valence-electron chi connectivity index (χ2n) is 15.7. The third-order valence-corrected chi connectivity index (χ3v) is 11.8. The van der Waals surface area contributed by atoms with Crippen molar-refractivity contribution in [1.82, 2.24) is 0 Å². The van der Waals surface area contributed by atoms with E-state index in [1.54, 1.807) is 0 Å². The highest BCUT2D eigenvalue weighted by atomic mass is 16.3. The molecule has 8 aromatic carbocycles. The molecule has 0 saturated carbocycles. The van der Waals surface area contributed by atoms with E-state index in [1.807, 2.05) is 146 Å². The van der Waals surface area contributed by atoms with Gasteiger partial charge in [-0.15, -0.1) is 0 Å². The third-order valence-electron chi connectivity index (χ3n) is 11.8. The first-order chi connectivity index (χ1) is 28.6. The molecule has 0 saturated heterocycles. The molecule has 0 fully saturated rings. The molecule has 4 heteroatoms. The molecule has 4 nitrogen and oxygen atoms in total. The Kier molecular flexibility index (Phi) is 10.8. The second-order valence-corrected chi connectivity index (χ2v) is 15.7. The molecule has 0 heterocycles. The van der Waals surface area contributed by atoms with Gasteiger partial charge in [-0.3, -0.25) is 0 Å². The lowest BCUT2D eigenvalue weighted by atomic mass is 9.73. The molecule has 0 spiro atoms. The monoisotopic (exact) mass is 772 g/mol. The summed E-state index contributed by atoms with van der Waals surface area (Å²) in [4.78, 5) is 0. The van der Waals surface area contributed by atoms with Crippen molar-refractivity contribution in [3.05, 3.63) is 214 Å². The topological polar surface area (TPSA) is 80.9 Å². The summed E-state index contributed by atoms with van der Waals surface area (Å²) in [6.07, 6.45) is 0.583. The lowest BCUT2D eigenvalue weighted by Crippen LogP contribution is -2.14. The zero-order valence-electron chi connectivity index (χ0n) is 33.8. The van der Waals surface area contributed by atoms with Crippen LogP contribution in [0.1, 0.15) is 62.8 Å². The Labute approximate surface area is 347 Å². The quantitative estimate of drug-likeness (QED) is 0.112. The number of aromatic hydroxyl groups is 4. The summed E-state index contributed by atoms with van der Waals surface area (Å²) in [7, 11) is 0. The van der Waals surface area contributed by atoms with Crippen LogP contribution < -0.4 is 0 Å². The van der Waals surface area contributed by atoms with Gasteiger partial charge >= 0.3 is 0 Å². The summed E-state index contributed by atoms with van der Waals surface area (Å²) < 4.78 is 0. The van der Waals surface area contributed by atoms with E-state index in [4.69, 9.17) is 0 Å². The van der Waals surface area contributed by atoms with Gasteiger partial charge in [-0.25, -0.2) is 0 Å².